The molecule has 38 heavy (non-hydrogen) atoms. The van der Waals surface area contributed by atoms with Crippen molar-refractivity contribution in [3.05, 3.63) is 11.6 Å². The zero-order valence-corrected chi connectivity index (χ0v) is 24.6. The first kappa shape index (κ1) is 29.3. The van der Waals surface area contributed by atoms with Crippen LogP contribution in [0.2, 0.25) is 0 Å². The van der Waals surface area contributed by atoms with Crippen molar-refractivity contribution < 1.29 is 24.2 Å². The summed E-state index contributed by atoms with van der Waals surface area (Å²) in [6.45, 7) is 12.5. The number of fused-ring (bicyclic) bond motifs is 5. The highest BCUT2D eigenvalue weighted by Gasteiger charge is 2.60. The van der Waals surface area contributed by atoms with Crippen molar-refractivity contribution in [1.82, 2.24) is 0 Å². The van der Waals surface area contributed by atoms with Crippen molar-refractivity contribution in [3.63, 3.8) is 0 Å². The highest BCUT2D eigenvalue weighted by atomic mass is 16.5. The highest BCUT2D eigenvalue weighted by Crippen LogP contribution is 2.68. The van der Waals surface area contributed by atoms with Crippen LogP contribution in [0.25, 0.3) is 0 Å². The molecule has 0 aliphatic heterocycles. The summed E-state index contributed by atoms with van der Waals surface area (Å²) in [7, 11) is 0. The lowest BCUT2D eigenvalue weighted by Gasteiger charge is -2.59. The van der Waals surface area contributed by atoms with E-state index in [1.807, 2.05) is 6.08 Å². The number of allylic oxidation sites excluding steroid dienone is 1. The number of carboxylic acid groups (broad SMARTS) is 1. The molecule has 0 aromatic rings. The number of carbonyl (C=O) groups excluding carboxylic acids is 2. The van der Waals surface area contributed by atoms with E-state index in [1.165, 1.54) is 56.9 Å². The van der Waals surface area contributed by atoms with Gasteiger partial charge in [0.25, 0.3) is 0 Å². The second kappa shape index (κ2) is 11.8. The molecular weight excluding hydrogens is 476 g/mol. The molecule has 5 heteroatoms. The predicted molar refractivity (Wildman–Crippen MR) is 149 cm³/mol. The van der Waals surface area contributed by atoms with Crippen molar-refractivity contribution in [1.29, 1.82) is 0 Å². The van der Waals surface area contributed by atoms with Crippen molar-refractivity contribution in [2.24, 2.45) is 52.3 Å². The van der Waals surface area contributed by atoms with Gasteiger partial charge in [0.1, 0.15) is 0 Å². The quantitative estimate of drug-likeness (QED) is 0.279. The first-order valence-corrected chi connectivity index (χ1v) is 15.6. The van der Waals surface area contributed by atoms with Gasteiger partial charge in [-0.2, -0.15) is 0 Å². The SMILES string of the molecule is CC(C)CCC[C@@H](C)[C@H]1CC[C@H]2[C@@H]3CCC4=CC(=O)[C@H](CCOC(=O)CCC(=O)O)C[C@]4(C)[C@H]3CC[C@]12C. The molecule has 0 aromatic carbocycles. The highest BCUT2D eigenvalue weighted by molar-refractivity contribution is 5.93. The first-order valence-electron chi connectivity index (χ1n) is 15.6. The number of esters is 1. The smallest absolute Gasteiger partial charge is 0.306 e. The Morgan fingerprint density at radius 2 is 1.82 bits per heavy atom. The van der Waals surface area contributed by atoms with E-state index in [9.17, 15) is 14.4 Å². The standard InChI is InChI=1S/C33H52O5/c1-21(2)7-6-8-22(3)26-11-12-27-25-10-9-24-19-29(34)23(16-18-38-31(37)14-13-30(35)36)20-33(24,5)28(25)15-17-32(26,27)4/h19,21-23,25-28H,6-18,20H2,1-5H3,(H,35,36)/t22-,23-,25+,26-,27+,28+,32-,33+/m1/s1. The van der Waals surface area contributed by atoms with Gasteiger partial charge in [0, 0.05) is 5.92 Å². The molecule has 3 saturated carbocycles. The number of rotatable bonds is 11. The Labute approximate surface area is 230 Å². The number of aliphatic carboxylic acids is 1. The maximum atomic E-state index is 13.0. The fourth-order valence-electron chi connectivity index (χ4n) is 9.61. The molecule has 0 bridgehead atoms. The van der Waals surface area contributed by atoms with Gasteiger partial charge in [-0.05, 0) is 104 Å². The Balaban J connectivity index is 1.40. The lowest BCUT2D eigenvalue weighted by atomic mass is 9.45. The molecule has 214 valence electrons. The first-order chi connectivity index (χ1) is 18.0. The fraction of sp³-hybridized carbons (Fsp3) is 0.848. The van der Waals surface area contributed by atoms with Crippen LogP contribution >= 0.6 is 0 Å². The van der Waals surface area contributed by atoms with Gasteiger partial charge in [0.05, 0.1) is 19.4 Å². The van der Waals surface area contributed by atoms with Gasteiger partial charge in [-0.1, -0.05) is 59.5 Å². The molecule has 0 unspecified atom stereocenters. The number of carbonyl (C=O) groups is 3. The lowest BCUT2D eigenvalue weighted by Crippen LogP contribution is -2.52. The average Bonchev–Trinajstić information content (AvgIpc) is 3.20. The van der Waals surface area contributed by atoms with Crippen LogP contribution in [-0.4, -0.2) is 29.4 Å². The Morgan fingerprint density at radius 3 is 2.53 bits per heavy atom. The summed E-state index contributed by atoms with van der Waals surface area (Å²) >= 11 is 0. The number of carboxylic acids is 1. The van der Waals surface area contributed by atoms with Crippen LogP contribution in [0.5, 0.6) is 0 Å². The predicted octanol–water partition coefficient (Wildman–Crippen LogP) is 7.62. The summed E-state index contributed by atoms with van der Waals surface area (Å²) in [5.74, 6) is 3.25. The van der Waals surface area contributed by atoms with E-state index in [1.54, 1.807) is 0 Å². The summed E-state index contributed by atoms with van der Waals surface area (Å²) in [6, 6.07) is 0. The average molecular weight is 529 g/mol. The fourth-order valence-corrected chi connectivity index (χ4v) is 9.61. The second-order valence-corrected chi connectivity index (χ2v) is 14.2. The van der Waals surface area contributed by atoms with Crippen LogP contribution < -0.4 is 0 Å². The van der Waals surface area contributed by atoms with Crippen molar-refractivity contribution >= 4 is 17.7 Å². The lowest BCUT2D eigenvalue weighted by molar-refractivity contribution is -0.148. The Bertz CT molecular complexity index is 920. The Morgan fingerprint density at radius 1 is 1.05 bits per heavy atom. The van der Waals surface area contributed by atoms with Crippen LogP contribution in [-0.2, 0) is 19.1 Å². The molecule has 4 aliphatic carbocycles. The zero-order chi connectivity index (χ0) is 27.7. The summed E-state index contributed by atoms with van der Waals surface area (Å²) in [4.78, 5) is 35.6. The largest absolute Gasteiger partial charge is 0.481 e. The van der Waals surface area contributed by atoms with Crippen LogP contribution in [0.15, 0.2) is 11.6 Å². The molecule has 1 N–H and O–H groups in total. The van der Waals surface area contributed by atoms with Crippen LogP contribution in [0, 0.1) is 52.3 Å². The molecule has 3 fully saturated rings. The monoisotopic (exact) mass is 528 g/mol. The van der Waals surface area contributed by atoms with E-state index < -0.39 is 11.9 Å². The molecule has 0 amide bonds. The van der Waals surface area contributed by atoms with E-state index in [0.29, 0.717) is 17.8 Å². The molecular formula is C33H52O5. The Hall–Kier alpha value is -1.65. The van der Waals surface area contributed by atoms with Gasteiger partial charge in [0.2, 0.25) is 0 Å². The summed E-state index contributed by atoms with van der Waals surface area (Å²) < 4.78 is 5.29. The van der Waals surface area contributed by atoms with E-state index >= 15 is 0 Å². The number of ether oxygens (including phenoxy) is 1. The maximum absolute atomic E-state index is 13.0. The molecule has 0 spiro atoms. The van der Waals surface area contributed by atoms with Crippen LogP contribution in [0.4, 0.5) is 0 Å². The zero-order valence-electron chi connectivity index (χ0n) is 24.6. The minimum atomic E-state index is -1.00. The third-order valence-corrected chi connectivity index (χ3v) is 11.6. The van der Waals surface area contributed by atoms with Crippen molar-refractivity contribution in [2.45, 2.75) is 118 Å². The van der Waals surface area contributed by atoms with Gasteiger partial charge < -0.3 is 9.84 Å². The Kier molecular flexibility index (Phi) is 9.14. The minimum absolute atomic E-state index is 0.0666. The van der Waals surface area contributed by atoms with Gasteiger partial charge >= 0.3 is 11.9 Å². The molecule has 4 aliphatic rings. The molecule has 5 nitrogen and oxygen atoms in total. The van der Waals surface area contributed by atoms with E-state index in [0.717, 1.165) is 42.4 Å². The van der Waals surface area contributed by atoms with Crippen molar-refractivity contribution in [3.8, 4) is 0 Å². The summed E-state index contributed by atoms with van der Waals surface area (Å²) in [5, 5.41) is 8.77. The summed E-state index contributed by atoms with van der Waals surface area (Å²) in [5.41, 5.74) is 1.90. The van der Waals surface area contributed by atoms with Crippen molar-refractivity contribution in [2.75, 3.05) is 6.61 Å². The minimum Gasteiger partial charge on any atom is -0.481 e. The number of ketones is 1. The molecule has 0 saturated heterocycles. The van der Waals surface area contributed by atoms with Gasteiger partial charge in [-0.15, -0.1) is 0 Å². The molecule has 0 radical (unpaired) electrons. The summed E-state index contributed by atoms with van der Waals surface area (Å²) in [6.07, 6.45) is 14.7. The van der Waals surface area contributed by atoms with Gasteiger partial charge in [0.15, 0.2) is 5.78 Å². The normalized spacial score (nSPS) is 37.2. The third-order valence-electron chi connectivity index (χ3n) is 11.6. The number of hydrogen-bond acceptors (Lipinski definition) is 4. The molecule has 4 rings (SSSR count). The topological polar surface area (TPSA) is 80.7 Å². The maximum Gasteiger partial charge on any atom is 0.306 e. The van der Waals surface area contributed by atoms with Crippen LogP contribution in [0.3, 0.4) is 0 Å². The third kappa shape index (κ3) is 5.92. The molecule has 8 atom stereocenters. The van der Waals surface area contributed by atoms with Gasteiger partial charge in [-0.25, -0.2) is 0 Å². The van der Waals surface area contributed by atoms with E-state index in [-0.39, 0.29) is 36.6 Å². The van der Waals surface area contributed by atoms with E-state index in [2.05, 4.69) is 34.6 Å². The van der Waals surface area contributed by atoms with E-state index in [4.69, 9.17) is 9.84 Å². The number of hydrogen-bond donors (Lipinski definition) is 1. The molecule has 0 aromatic heterocycles. The second-order valence-electron chi connectivity index (χ2n) is 14.2. The molecule has 0 heterocycles. The van der Waals surface area contributed by atoms with Gasteiger partial charge in [-0.3, -0.25) is 14.4 Å². The van der Waals surface area contributed by atoms with Crippen LogP contribution in [0.1, 0.15) is 118 Å².